The number of H-pyrrole nitrogens is 2. The molecule has 0 saturated carbocycles. The number of hydrogen-bond donors (Lipinski definition) is 3. The molecule has 5 aromatic rings. The van der Waals surface area contributed by atoms with E-state index in [1.807, 2.05) is 18.2 Å². The Labute approximate surface area is 204 Å². The molecule has 1 aliphatic rings. The molecule has 1 amide bonds. The first-order chi connectivity index (χ1) is 17.5. The molecule has 1 aliphatic carbocycles. The molecule has 0 spiro atoms. The molecule has 0 unspecified atom stereocenters. The van der Waals surface area contributed by atoms with Crippen molar-refractivity contribution in [2.24, 2.45) is 0 Å². The number of nitrogens with one attached hydrogen (secondary N) is 3. The first-order valence-corrected chi connectivity index (χ1v) is 11.7. The minimum Gasteiger partial charge on any atom is -0.463 e. The molecular formula is C26H22N6O4. The fraction of sp³-hybridized carbons (Fsp3) is 0.192. The molecule has 3 N–H and O–H groups in total. The number of aromatic amines is 2. The Morgan fingerprint density at radius 2 is 1.92 bits per heavy atom. The van der Waals surface area contributed by atoms with E-state index >= 15 is 0 Å². The zero-order valence-corrected chi connectivity index (χ0v) is 19.4. The number of furan rings is 1. The van der Waals surface area contributed by atoms with Gasteiger partial charge in [-0.1, -0.05) is 18.2 Å². The van der Waals surface area contributed by atoms with Gasteiger partial charge in [-0.2, -0.15) is 9.78 Å². The van der Waals surface area contributed by atoms with Crippen molar-refractivity contribution < 1.29 is 14.0 Å². The Balaban J connectivity index is 1.41. The van der Waals surface area contributed by atoms with E-state index in [-0.39, 0.29) is 17.3 Å². The smallest absolute Gasteiger partial charge is 0.298 e. The minimum absolute atomic E-state index is 0.157. The number of anilines is 1. The van der Waals surface area contributed by atoms with Crippen molar-refractivity contribution in [1.82, 2.24) is 24.7 Å². The van der Waals surface area contributed by atoms with Crippen molar-refractivity contribution in [3.63, 3.8) is 0 Å². The highest BCUT2D eigenvalue weighted by Crippen LogP contribution is 2.26. The summed E-state index contributed by atoms with van der Waals surface area (Å²) in [6, 6.07) is 12.3. The first-order valence-electron chi connectivity index (χ1n) is 11.7. The summed E-state index contributed by atoms with van der Waals surface area (Å²) in [7, 11) is 0. The maximum Gasteiger partial charge on any atom is 0.298 e. The van der Waals surface area contributed by atoms with Gasteiger partial charge in [0.25, 0.3) is 17.2 Å². The van der Waals surface area contributed by atoms with Crippen molar-refractivity contribution in [3.05, 3.63) is 81.6 Å². The van der Waals surface area contributed by atoms with Crippen LogP contribution in [-0.4, -0.2) is 36.4 Å². The van der Waals surface area contributed by atoms with Gasteiger partial charge in [0.05, 0.1) is 17.5 Å². The predicted molar refractivity (Wildman–Crippen MR) is 132 cm³/mol. The summed E-state index contributed by atoms with van der Waals surface area (Å²) in [4.78, 5) is 49.7. The summed E-state index contributed by atoms with van der Waals surface area (Å²) in [5.74, 6) is -0.733. The lowest BCUT2D eigenvalue weighted by Gasteiger charge is -2.15. The van der Waals surface area contributed by atoms with E-state index in [2.05, 4.69) is 25.4 Å². The number of carbonyl (C=O) groups is 2. The molecule has 0 fully saturated rings. The van der Waals surface area contributed by atoms with Gasteiger partial charge in [-0.05, 0) is 50.8 Å². The molecule has 0 aliphatic heterocycles. The monoisotopic (exact) mass is 482 g/mol. The van der Waals surface area contributed by atoms with Gasteiger partial charge in [0.1, 0.15) is 11.5 Å². The maximum absolute atomic E-state index is 13.2. The number of Topliss-reactive ketones (excluding diaryl/α,β-unsaturated/α-hetero) is 1. The van der Waals surface area contributed by atoms with Crippen molar-refractivity contribution >= 4 is 28.4 Å². The van der Waals surface area contributed by atoms with Crippen molar-refractivity contribution in [1.29, 1.82) is 0 Å². The van der Waals surface area contributed by atoms with Crippen LogP contribution in [0.25, 0.3) is 28.3 Å². The number of fused-ring (bicyclic) bond motifs is 2. The van der Waals surface area contributed by atoms with E-state index in [1.54, 1.807) is 31.2 Å². The van der Waals surface area contributed by atoms with Crippen molar-refractivity contribution in [3.8, 4) is 17.4 Å². The maximum atomic E-state index is 13.2. The van der Waals surface area contributed by atoms with Crippen LogP contribution in [0.5, 0.6) is 0 Å². The van der Waals surface area contributed by atoms with Crippen LogP contribution in [-0.2, 0) is 17.6 Å². The molecule has 10 nitrogen and oxygen atoms in total. The third-order valence-electron chi connectivity index (χ3n) is 6.43. The fourth-order valence-corrected chi connectivity index (χ4v) is 4.72. The van der Waals surface area contributed by atoms with E-state index < -0.39 is 11.7 Å². The Hall–Kier alpha value is -4.73. The number of nitrogens with zero attached hydrogens (tertiary/aromatic N) is 3. The van der Waals surface area contributed by atoms with E-state index in [9.17, 15) is 14.4 Å². The van der Waals surface area contributed by atoms with Gasteiger partial charge in [0.2, 0.25) is 5.95 Å². The number of ketones is 1. The number of amides is 1. The molecular weight excluding hydrogens is 460 g/mol. The third kappa shape index (κ3) is 3.63. The molecule has 6 rings (SSSR count). The molecule has 0 saturated heterocycles. The van der Waals surface area contributed by atoms with E-state index in [0.717, 1.165) is 24.1 Å². The normalized spacial score (nSPS) is 13.0. The molecule has 0 radical (unpaired) electrons. The van der Waals surface area contributed by atoms with Crippen molar-refractivity contribution in [2.75, 3.05) is 5.32 Å². The van der Waals surface area contributed by atoms with Gasteiger partial charge in [0.15, 0.2) is 5.76 Å². The van der Waals surface area contributed by atoms with Gasteiger partial charge in [0, 0.05) is 28.2 Å². The molecule has 1 aromatic carbocycles. The summed E-state index contributed by atoms with van der Waals surface area (Å²) < 4.78 is 6.78. The quantitative estimate of drug-likeness (QED) is 0.258. The number of para-hydroxylation sites is 1. The Morgan fingerprint density at radius 3 is 2.75 bits per heavy atom. The Bertz CT molecular complexity index is 1690. The number of rotatable bonds is 5. The molecule has 0 atom stereocenters. The van der Waals surface area contributed by atoms with Crippen LogP contribution >= 0.6 is 0 Å². The zero-order valence-electron chi connectivity index (χ0n) is 19.4. The molecule has 10 heteroatoms. The lowest BCUT2D eigenvalue weighted by Crippen LogP contribution is -2.27. The highest BCUT2D eigenvalue weighted by Gasteiger charge is 2.26. The summed E-state index contributed by atoms with van der Waals surface area (Å²) in [6.07, 6.45) is 4.77. The largest absolute Gasteiger partial charge is 0.463 e. The van der Waals surface area contributed by atoms with E-state index in [1.165, 1.54) is 10.9 Å². The topological polar surface area (TPSA) is 139 Å². The SMILES string of the molecule is Cc1[nH]c2ccccc2c1C(=O)C(=O)Nc1cc(-c2ccco2)nn1-c1nc2c(c(=O)[nH]1)CCCC2. The summed E-state index contributed by atoms with van der Waals surface area (Å²) in [6.45, 7) is 1.75. The number of benzene rings is 1. The lowest BCUT2D eigenvalue weighted by atomic mass is 9.97. The van der Waals surface area contributed by atoms with E-state index in [4.69, 9.17) is 4.42 Å². The Kier molecular flexibility index (Phi) is 5.14. The molecule has 36 heavy (non-hydrogen) atoms. The molecule has 180 valence electrons. The van der Waals surface area contributed by atoms with Crippen LogP contribution in [0, 0.1) is 6.92 Å². The van der Waals surface area contributed by atoms with Crippen molar-refractivity contribution in [2.45, 2.75) is 32.6 Å². The van der Waals surface area contributed by atoms with Gasteiger partial charge in [-0.15, -0.1) is 0 Å². The van der Waals surface area contributed by atoms with Crippen LogP contribution in [0.15, 0.2) is 57.9 Å². The fourth-order valence-electron chi connectivity index (χ4n) is 4.72. The second kappa shape index (κ2) is 8.49. The molecule has 0 bridgehead atoms. The van der Waals surface area contributed by atoms with Crippen LogP contribution in [0.3, 0.4) is 0 Å². The van der Waals surface area contributed by atoms with Crippen LogP contribution in [0.2, 0.25) is 0 Å². The van der Waals surface area contributed by atoms with Gasteiger partial charge in [-0.25, -0.2) is 4.98 Å². The van der Waals surface area contributed by atoms with Gasteiger partial charge >= 0.3 is 0 Å². The molecule has 4 aromatic heterocycles. The second-order valence-corrected chi connectivity index (χ2v) is 8.78. The lowest BCUT2D eigenvalue weighted by molar-refractivity contribution is -0.112. The van der Waals surface area contributed by atoms with Crippen LogP contribution in [0.4, 0.5) is 5.82 Å². The number of carbonyl (C=O) groups excluding carboxylic acids is 2. The second-order valence-electron chi connectivity index (χ2n) is 8.78. The Morgan fingerprint density at radius 1 is 1.08 bits per heavy atom. The third-order valence-corrected chi connectivity index (χ3v) is 6.43. The summed E-state index contributed by atoms with van der Waals surface area (Å²) >= 11 is 0. The summed E-state index contributed by atoms with van der Waals surface area (Å²) in [5, 5.41) is 7.85. The highest BCUT2D eigenvalue weighted by molar-refractivity contribution is 6.48. The van der Waals surface area contributed by atoms with Crippen LogP contribution in [0.1, 0.15) is 40.2 Å². The first kappa shape index (κ1) is 21.8. The number of aryl methyl sites for hydroxylation is 2. The average Bonchev–Trinajstić information content (AvgIpc) is 3.62. The van der Waals surface area contributed by atoms with Crippen LogP contribution < -0.4 is 10.9 Å². The summed E-state index contributed by atoms with van der Waals surface area (Å²) in [5.41, 5.74) is 3.26. The predicted octanol–water partition coefficient (Wildman–Crippen LogP) is 3.71. The average molecular weight is 483 g/mol. The zero-order chi connectivity index (χ0) is 24.8. The highest BCUT2D eigenvalue weighted by atomic mass is 16.3. The van der Waals surface area contributed by atoms with E-state index in [0.29, 0.717) is 46.5 Å². The van der Waals surface area contributed by atoms with Gasteiger partial charge in [-0.3, -0.25) is 19.4 Å². The number of hydrogen-bond acceptors (Lipinski definition) is 6. The minimum atomic E-state index is -0.838. The van der Waals surface area contributed by atoms with Gasteiger partial charge < -0.3 is 14.7 Å². The number of aromatic nitrogens is 5. The molecule has 4 heterocycles. The standard InChI is InChI=1S/C26H22N6O4/c1-14-22(15-7-2-4-9-17(15)27-14)23(33)25(35)29-21-13-19(20-11-6-12-36-20)31-32(21)26-28-18-10-5-3-8-16(18)24(34)30-26/h2,4,6-7,9,11-13,27H,3,5,8,10H2,1H3,(H,29,35)(H,28,30,34).